The van der Waals surface area contributed by atoms with Crippen molar-refractivity contribution in [1.29, 1.82) is 0 Å². The van der Waals surface area contributed by atoms with Crippen LogP contribution in [0.3, 0.4) is 0 Å². The number of hydrogen-bond donors (Lipinski definition) is 1. The van der Waals surface area contributed by atoms with Gasteiger partial charge in [0.2, 0.25) is 0 Å². The number of esters is 1. The number of halogens is 1. The molecule has 0 spiro atoms. The number of rotatable bonds is 7. The summed E-state index contributed by atoms with van der Waals surface area (Å²) < 4.78 is 11.0. The Hall–Kier alpha value is -2.88. The first-order valence-corrected chi connectivity index (χ1v) is 10.5. The van der Waals surface area contributed by atoms with E-state index < -0.39 is 11.9 Å². The number of amides is 1. The molecule has 1 saturated heterocycles. The molecule has 0 atom stereocenters. The van der Waals surface area contributed by atoms with Crippen molar-refractivity contribution in [3.05, 3.63) is 63.5 Å². The molecule has 31 heavy (non-hydrogen) atoms. The molecule has 7 nitrogen and oxygen atoms in total. The zero-order valence-corrected chi connectivity index (χ0v) is 18.6. The zero-order chi connectivity index (χ0) is 22.5. The molecule has 1 amide bonds. The lowest BCUT2D eigenvalue weighted by molar-refractivity contribution is -0.137. The maximum atomic E-state index is 12.5. The molecule has 3 rings (SSSR count). The third-order valence-electron chi connectivity index (χ3n) is 4.20. The summed E-state index contributed by atoms with van der Waals surface area (Å²) in [5.41, 5.74) is 0.841. The summed E-state index contributed by atoms with van der Waals surface area (Å²) in [4.78, 5) is 37.3. The monoisotopic (exact) mass is 477 g/mol. The van der Waals surface area contributed by atoms with Gasteiger partial charge in [-0.2, -0.15) is 0 Å². The van der Waals surface area contributed by atoms with Crippen LogP contribution in [0.1, 0.15) is 22.3 Å². The second-order valence-corrected chi connectivity index (χ2v) is 8.34. The summed E-state index contributed by atoms with van der Waals surface area (Å²) in [6.07, 6.45) is 1.42. The largest absolute Gasteiger partial charge is 0.493 e. The van der Waals surface area contributed by atoms with Crippen LogP contribution < -0.4 is 9.47 Å². The summed E-state index contributed by atoms with van der Waals surface area (Å²) in [6.45, 7) is 0.0115. The Labute approximate surface area is 192 Å². The third-order valence-corrected chi connectivity index (χ3v) is 5.91. The minimum absolute atomic E-state index is 0.0115. The summed E-state index contributed by atoms with van der Waals surface area (Å²) in [5.74, 6) is -1.51. The molecular formula is C21H16ClNO6S2. The number of thioether (sulfide) groups is 1. The fourth-order valence-corrected chi connectivity index (χ4v) is 4.21. The van der Waals surface area contributed by atoms with E-state index in [1.807, 2.05) is 0 Å². The second kappa shape index (κ2) is 9.95. The Morgan fingerprint density at radius 1 is 1.23 bits per heavy atom. The first kappa shape index (κ1) is 22.8. The van der Waals surface area contributed by atoms with Gasteiger partial charge in [-0.25, -0.2) is 4.79 Å². The maximum Gasteiger partial charge on any atom is 0.345 e. The fourth-order valence-electron chi connectivity index (χ4n) is 2.69. The first-order chi connectivity index (χ1) is 14.8. The highest BCUT2D eigenvalue weighted by atomic mass is 35.5. The lowest BCUT2D eigenvalue weighted by Gasteiger charge is -2.12. The smallest absolute Gasteiger partial charge is 0.345 e. The van der Waals surface area contributed by atoms with Crippen LogP contribution in [-0.4, -0.2) is 45.8 Å². The molecule has 1 aliphatic rings. The maximum absolute atomic E-state index is 12.5. The quantitative estimate of drug-likeness (QED) is 0.274. The van der Waals surface area contributed by atoms with Gasteiger partial charge in [-0.3, -0.25) is 14.5 Å². The van der Waals surface area contributed by atoms with Crippen LogP contribution in [0.25, 0.3) is 6.08 Å². The van der Waals surface area contributed by atoms with Gasteiger partial charge in [-0.15, -0.1) is 0 Å². The highest BCUT2D eigenvalue weighted by molar-refractivity contribution is 8.26. The Bertz CT molecular complexity index is 1100. The van der Waals surface area contributed by atoms with E-state index in [0.717, 1.165) is 11.8 Å². The van der Waals surface area contributed by atoms with E-state index in [1.165, 1.54) is 12.0 Å². The van der Waals surface area contributed by atoms with E-state index >= 15 is 0 Å². The van der Waals surface area contributed by atoms with Crippen molar-refractivity contribution in [2.45, 2.75) is 6.42 Å². The van der Waals surface area contributed by atoms with Gasteiger partial charge in [-0.1, -0.05) is 53.8 Å². The lowest BCUT2D eigenvalue weighted by Crippen LogP contribution is -2.30. The number of carbonyl (C=O) groups excluding carboxylic acids is 2. The minimum Gasteiger partial charge on any atom is -0.493 e. The topological polar surface area (TPSA) is 93.1 Å². The van der Waals surface area contributed by atoms with Gasteiger partial charge in [0.25, 0.3) is 5.91 Å². The third kappa shape index (κ3) is 5.43. The van der Waals surface area contributed by atoms with Crippen molar-refractivity contribution in [2.24, 2.45) is 0 Å². The van der Waals surface area contributed by atoms with Crippen LogP contribution in [-0.2, 0) is 9.59 Å². The predicted molar refractivity (Wildman–Crippen MR) is 122 cm³/mol. The molecule has 0 bridgehead atoms. The Kier molecular flexibility index (Phi) is 7.32. The molecular weight excluding hydrogens is 462 g/mol. The number of ether oxygens (including phenoxy) is 2. The van der Waals surface area contributed by atoms with E-state index in [2.05, 4.69) is 0 Å². The normalized spacial score (nSPS) is 14.8. The van der Waals surface area contributed by atoms with E-state index in [-0.39, 0.29) is 41.0 Å². The number of benzene rings is 2. The van der Waals surface area contributed by atoms with E-state index in [9.17, 15) is 14.4 Å². The Morgan fingerprint density at radius 3 is 2.65 bits per heavy atom. The number of methoxy groups -OCH3 is 1. The van der Waals surface area contributed by atoms with Crippen LogP contribution in [0.15, 0.2) is 47.4 Å². The van der Waals surface area contributed by atoms with Crippen LogP contribution >= 0.6 is 35.6 Å². The van der Waals surface area contributed by atoms with E-state index in [1.54, 1.807) is 48.5 Å². The number of hydrogen-bond acceptors (Lipinski definition) is 7. The molecule has 1 N–H and O–H groups in total. The zero-order valence-electron chi connectivity index (χ0n) is 16.2. The summed E-state index contributed by atoms with van der Waals surface area (Å²) >= 11 is 12.3. The number of thiocarbonyl (C=S) groups is 1. The first-order valence-electron chi connectivity index (χ1n) is 8.92. The lowest BCUT2D eigenvalue weighted by atomic mass is 10.1. The number of carboxylic acid groups (broad SMARTS) is 1. The van der Waals surface area contributed by atoms with Crippen LogP contribution in [0.5, 0.6) is 11.5 Å². The van der Waals surface area contributed by atoms with Crippen LogP contribution in [0, 0.1) is 0 Å². The molecule has 1 heterocycles. The van der Waals surface area contributed by atoms with Gasteiger partial charge >= 0.3 is 11.9 Å². The van der Waals surface area contributed by atoms with Crippen molar-refractivity contribution in [3.63, 3.8) is 0 Å². The summed E-state index contributed by atoms with van der Waals surface area (Å²) in [7, 11) is 1.43. The molecule has 0 unspecified atom stereocenters. The van der Waals surface area contributed by atoms with E-state index in [0.29, 0.717) is 14.8 Å². The van der Waals surface area contributed by atoms with Crippen LogP contribution in [0.4, 0.5) is 0 Å². The Balaban J connectivity index is 1.79. The van der Waals surface area contributed by atoms with Crippen molar-refractivity contribution < 1.29 is 29.0 Å². The van der Waals surface area contributed by atoms with Gasteiger partial charge in [0, 0.05) is 6.54 Å². The molecule has 0 saturated carbocycles. The summed E-state index contributed by atoms with van der Waals surface area (Å²) in [6, 6.07) is 11.3. The molecule has 0 aliphatic carbocycles. The number of aliphatic carboxylic acids is 1. The summed E-state index contributed by atoms with van der Waals surface area (Å²) in [5, 5.41) is 9.09. The second-order valence-electron chi connectivity index (χ2n) is 6.26. The number of nitrogens with zero attached hydrogens (tertiary/aromatic N) is 1. The highest BCUT2D eigenvalue weighted by Crippen LogP contribution is 2.35. The molecule has 2 aromatic rings. The molecule has 1 fully saturated rings. The van der Waals surface area contributed by atoms with Gasteiger partial charge in [0.15, 0.2) is 11.5 Å². The fraction of sp³-hybridized carbons (Fsp3) is 0.143. The SMILES string of the molecule is COc1cc(/C=C2\SC(=S)N(CCC(=O)O)C2=O)ccc1OC(=O)c1ccccc1Cl. The number of carbonyl (C=O) groups is 3. The molecule has 160 valence electrons. The van der Waals surface area contributed by atoms with Gasteiger partial charge < -0.3 is 14.6 Å². The number of carboxylic acids is 1. The predicted octanol–water partition coefficient (Wildman–Crippen LogP) is 4.24. The van der Waals surface area contributed by atoms with Gasteiger partial charge in [0.05, 0.1) is 29.0 Å². The Morgan fingerprint density at radius 2 is 1.97 bits per heavy atom. The highest BCUT2D eigenvalue weighted by Gasteiger charge is 2.32. The molecule has 0 aromatic heterocycles. The average molecular weight is 478 g/mol. The van der Waals surface area contributed by atoms with E-state index in [4.69, 9.17) is 38.4 Å². The van der Waals surface area contributed by atoms with Gasteiger partial charge in [-0.05, 0) is 35.9 Å². The minimum atomic E-state index is -1.01. The molecule has 1 aliphatic heterocycles. The standard InChI is InChI=1S/C21H16ClNO6S2/c1-28-16-10-12(11-17-19(26)23(21(30)31-17)9-8-18(24)25)6-7-15(16)29-20(27)13-4-2-3-5-14(13)22/h2-7,10-11H,8-9H2,1H3,(H,24,25)/b17-11-. The van der Waals surface area contributed by atoms with Crippen molar-refractivity contribution in [3.8, 4) is 11.5 Å². The van der Waals surface area contributed by atoms with Crippen LogP contribution in [0.2, 0.25) is 5.02 Å². The average Bonchev–Trinajstić information content (AvgIpc) is 3.00. The van der Waals surface area contributed by atoms with Crippen molar-refractivity contribution in [2.75, 3.05) is 13.7 Å². The van der Waals surface area contributed by atoms with Crippen molar-refractivity contribution >= 4 is 63.8 Å². The molecule has 0 radical (unpaired) electrons. The molecule has 2 aromatic carbocycles. The van der Waals surface area contributed by atoms with Crippen molar-refractivity contribution in [1.82, 2.24) is 4.90 Å². The molecule has 10 heteroatoms. The van der Waals surface area contributed by atoms with Gasteiger partial charge in [0.1, 0.15) is 4.32 Å².